The van der Waals surface area contributed by atoms with Crippen molar-refractivity contribution in [1.29, 1.82) is 0 Å². The smallest absolute Gasteiger partial charge is 0.0278 e. The van der Waals surface area contributed by atoms with Crippen molar-refractivity contribution in [1.82, 2.24) is 0 Å². The molecule has 2 nitrogen and oxygen atoms in total. The number of hydrogen-bond donors (Lipinski definition) is 2. The third-order valence-electron chi connectivity index (χ3n) is 1.76. The van der Waals surface area contributed by atoms with E-state index in [-0.39, 0.29) is 30.4 Å². The summed E-state index contributed by atoms with van der Waals surface area (Å²) in [6.07, 6.45) is 3.53. The molecule has 0 aromatic rings. The van der Waals surface area contributed by atoms with E-state index in [9.17, 15) is 0 Å². The van der Waals surface area contributed by atoms with Crippen LogP contribution in [0.25, 0.3) is 0 Å². The van der Waals surface area contributed by atoms with Crippen LogP contribution in [0.3, 0.4) is 0 Å². The SMILES string of the molecule is Cl.Cl.NCC1(N)CCC1. The highest BCUT2D eigenvalue weighted by Crippen LogP contribution is 2.27. The highest BCUT2D eigenvalue weighted by Gasteiger charge is 2.30. The summed E-state index contributed by atoms with van der Waals surface area (Å²) in [6, 6.07) is 0. The van der Waals surface area contributed by atoms with Gasteiger partial charge in [-0.3, -0.25) is 0 Å². The maximum absolute atomic E-state index is 5.68. The van der Waals surface area contributed by atoms with Gasteiger partial charge in [0.15, 0.2) is 0 Å². The highest BCUT2D eigenvalue weighted by atomic mass is 35.5. The molecule has 0 spiro atoms. The lowest BCUT2D eigenvalue weighted by Crippen LogP contribution is -2.52. The van der Waals surface area contributed by atoms with E-state index in [4.69, 9.17) is 11.5 Å². The van der Waals surface area contributed by atoms with Gasteiger partial charge in [-0.2, -0.15) is 0 Å². The van der Waals surface area contributed by atoms with E-state index in [0.29, 0.717) is 6.54 Å². The van der Waals surface area contributed by atoms with Crippen LogP contribution in [0, 0.1) is 0 Å². The number of halogens is 2. The van der Waals surface area contributed by atoms with Crippen LogP contribution in [0.4, 0.5) is 0 Å². The van der Waals surface area contributed by atoms with Crippen LogP contribution in [0.1, 0.15) is 19.3 Å². The predicted octanol–water partition coefficient (Wildman–Crippen LogP) is 0.670. The fourth-order valence-electron chi connectivity index (χ4n) is 0.835. The minimum absolute atomic E-state index is 0. The molecule has 58 valence electrons. The van der Waals surface area contributed by atoms with Gasteiger partial charge in [0, 0.05) is 12.1 Å². The van der Waals surface area contributed by atoms with Gasteiger partial charge < -0.3 is 11.5 Å². The molecule has 0 radical (unpaired) electrons. The molecular weight excluding hydrogens is 159 g/mol. The van der Waals surface area contributed by atoms with Gasteiger partial charge in [0.05, 0.1) is 0 Å². The summed E-state index contributed by atoms with van der Waals surface area (Å²) in [6.45, 7) is 0.660. The van der Waals surface area contributed by atoms with Crippen molar-refractivity contribution in [2.45, 2.75) is 24.8 Å². The van der Waals surface area contributed by atoms with Gasteiger partial charge >= 0.3 is 0 Å². The van der Waals surface area contributed by atoms with Gasteiger partial charge in [-0.25, -0.2) is 0 Å². The van der Waals surface area contributed by atoms with E-state index in [2.05, 4.69) is 0 Å². The zero-order valence-corrected chi connectivity index (χ0v) is 6.93. The Morgan fingerprint density at radius 3 is 1.67 bits per heavy atom. The average Bonchev–Trinajstić information content (AvgIpc) is 1.61. The van der Waals surface area contributed by atoms with Crippen LogP contribution in [0.15, 0.2) is 0 Å². The lowest BCUT2D eigenvalue weighted by Gasteiger charge is -2.36. The lowest BCUT2D eigenvalue weighted by atomic mass is 9.78. The molecule has 1 aliphatic rings. The predicted molar refractivity (Wildman–Crippen MR) is 44.3 cm³/mol. The maximum atomic E-state index is 5.68. The van der Waals surface area contributed by atoms with Crippen LogP contribution in [0.2, 0.25) is 0 Å². The number of rotatable bonds is 1. The second-order valence-corrected chi connectivity index (χ2v) is 2.42. The molecule has 0 heterocycles. The lowest BCUT2D eigenvalue weighted by molar-refractivity contribution is 0.258. The molecule has 0 aromatic heterocycles. The maximum Gasteiger partial charge on any atom is 0.0278 e. The van der Waals surface area contributed by atoms with E-state index in [1.54, 1.807) is 0 Å². The van der Waals surface area contributed by atoms with Crippen LogP contribution in [-0.2, 0) is 0 Å². The Balaban J connectivity index is 0. The van der Waals surface area contributed by atoms with Crippen molar-refractivity contribution < 1.29 is 0 Å². The largest absolute Gasteiger partial charge is 0.329 e. The van der Waals surface area contributed by atoms with Gasteiger partial charge in [-0.1, -0.05) is 0 Å². The van der Waals surface area contributed by atoms with Crippen molar-refractivity contribution in [3.8, 4) is 0 Å². The topological polar surface area (TPSA) is 52.0 Å². The fourth-order valence-corrected chi connectivity index (χ4v) is 0.835. The van der Waals surface area contributed by atoms with Gasteiger partial charge in [-0.15, -0.1) is 24.8 Å². The first-order chi connectivity index (χ1) is 3.27. The van der Waals surface area contributed by atoms with Crippen molar-refractivity contribution in [3.63, 3.8) is 0 Å². The van der Waals surface area contributed by atoms with Crippen molar-refractivity contribution in [2.75, 3.05) is 6.54 Å². The first kappa shape index (κ1) is 12.2. The summed E-state index contributed by atoms with van der Waals surface area (Å²) >= 11 is 0. The van der Waals surface area contributed by atoms with Crippen LogP contribution < -0.4 is 11.5 Å². The molecule has 0 bridgehead atoms. The molecule has 0 unspecified atom stereocenters. The van der Waals surface area contributed by atoms with E-state index < -0.39 is 0 Å². The minimum Gasteiger partial charge on any atom is -0.329 e. The summed E-state index contributed by atoms with van der Waals surface area (Å²) in [5, 5.41) is 0. The first-order valence-corrected chi connectivity index (χ1v) is 2.76. The van der Waals surface area contributed by atoms with Gasteiger partial charge in [-0.05, 0) is 19.3 Å². The molecule has 0 aromatic carbocycles. The molecule has 1 saturated carbocycles. The second-order valence-electron chi connectivity index (χ2n) is 2.42. The number of hydrogen-bond acceptors (Lipinski definition) is 2. The first-order valence-electron chi connectivity index (χ1n) is 2.76. The number of nitrogens with two attached hydrogens (primary N) is 2. The van der Waals surface area contributed by atoms with E-state index in [1.807, 2.05) is 0 Å². The molecule has 0 atom stereocenters. The van der Waals surface area contributed by atoms with Crippen molar-refractivity contribution in [2.24, 2.45) is 11.5 Å². The quantitative estimate of drug-likeness (QED) is 0.612. The van der Waals surface area contributed by atoms with E-state index in [0.717, 1.165) is 12.8 Å². The minimum atomic E-state index is 0. The molecule has 0 aliphatic heterocycles. The van der Waals surface area contributed by atoms with E-state index in [1.165, 1.54) is 6.42 Å². The molecule has 0 amide bonds. The van der Waals surface area contributed by atoms with Gasteiger partial charge in [0.2, 0.25) is 0 Å². The van der Waals surface area contributed by atoms with Crippen molar-refractivity contribution in [3.05, 3.63) is 0 Å². The molecule has 9 heavy (non-hydrogen) atoms. The molecule has 1 aliphatic carbocycles. The molecule has 0 saturated heterocycles. The normalized spacial score (nSPS) is 20.7. The Labute approximate surface area is 68.2 Å². The Bertz CT molecular complexity index is 67.8. The summed E-state index contributed by atoms with van der Waals surface area (Å²) in [7, 11) is 0. The summed E-state index contributed by atoms with van der Waals surface area (Å²) < 4.78 is 0. The van der Waals surface area contributed by atoms with Gasteiger partial charge in [0.1, 0.15) is 0 Å². The fraction of sp³-hybridized carbons (Fsp3) is 1.00. The molecule has 4 heteroatoms. The zero-order valence-electron chi connectivity index (χ0n) is 5.30. The monoisotopic (exact) mass is 172 g/mol. The van der Waals surface area contributed by atoms with Crippen LogP contribution in [-0.4, -0.2) is 12.1 Å². The van der Waals surface area contributed by atoms with E-state index >= 15 is 0 Å². The van der Waals surface area contributed by atoms with Crippen molar-refractivity contribution >= 4 is 24.8 Å². The Morgan fingerprint density at radius 1 is 1.22 bits per heavy atom. The molecular formula is C5H14Cl2N2. The summed E-state index contributed by atoms with van der Waals surface area (Å²) in [5.74, 6) is 0. The third kappa shape index (κ3) is 2.72. The van der Waals surface area contributed by atoms with Crippen LogP contribution >= 0.6 is 24.8 Å². The van der Waals surface area contributed by atoms with Crippen LogP contribution in [0.5, 0.6) is 0 Å². The average molecular weight is 173 g/mol. The summed E-state index contributed by atoms with van der Waals surface area (Å²) in [4.78, 5) is 0. The highest BCUT2D eigenvalue weighted by molar-refractivity contribution is 5.85. The Kier molecular flexibility index (Phi) is 5.88. The Hall–Kier alpha value is 0.500. The summed E-state index contributed by atoms with van der Waals surface area (Å²) in [5.41, 5.74) is 11.1. The standard InChI is InChI=1S/C5H12N2.2ClH/c6-4-5(7)2-1-3-5;;/h1-4,6-7H2;2*1H. The molecule has 1 rings (SSSR count). The molecule has 4 N–H and O–H groups in total. The third-order valence-corrected chi connectivity index (χ3v) is 1.76. The molecule has 1 fully saturated rings. The van der Waals surface area contributed by atoms with Gasteiger partial charge in [0.25, 0.3) is 0 Å². The second kappa shape index (κ2) is 4.34. The zero-order chi connectivity index (χ0) is 5.33. The Morgan fingerprint density at radius 2 is 1.67 bits per heavy atom.